The number of halogens is 1. The van der Waals surface area contributed by atoms with E-state index in [2.05, 4.69) is 39.7 Å². The molecule has 4 aromatic rings. The van der Waals surface area contributed by atoms with Crippen molar-refractivity contribution in [3.8, 4) is 17.2 Å². The predicted molar refractivity (Wildman–Crippen MR) is 154 cm³/mol. The molecule has 0 radical (unpaired) electrons. The molecule has 0 saturated carbocycles. The minimum absolute atomic E-state index is 0.186. The number of hydrogen-bond acceptors (Lipinski definition) is 5. The number of phenols is 1. The van der Waals surface area contributed by atoms with Crippen LogP contribution >= 0.6 is 23.8 Å². The van der Waals surface area contributed by atoms with Gasteiger partial charge in [-0.1, -0.05) is 17.7 Å². The first-order valence-electron chi connectivity index (χ1n) is 12.3. The normalized spacial score (nSPS) is 17.1. The highest BCUT2D eigenvalue weighted by Crippen LogP contribution is 2.45. The Morgan fingerprint density at radius 2 is 1.79 bits per heavy atom. The van der Waals surface area contributed by atoms with E-state index in [4.69, 9.17) is 33.3 Å². The van der Waals surface area contributed by atoms with Gasteiger partial charge in [-0.15, -0.1) is 0 Å². The third-order valence-corrected chi connectivity index (χ3v) is 7.34. The summed E-state index contributed by atoms with van der Waals surface area (Å²) in [6.45, 7) is 5.06. The fourth-order valence-electron chi connectivity index (χ4n) is 5.03. The molecule has 196 valence electrons. The first-order valence-corrected chi connectivity index (χ1v) is 13.1. The van der Waals surface area contributed by atoms with Crippen LogP contribution in [-0.4, -0.2) is 40.1 Å². The molecule has 9 heteroatoms. The number of hydrogen-bond donors (Lipinski definition) is 2. The summed E-state index contributed by atoms with van der Waals surface area (Å²) < 4.78 is 13.0. The summed E-state index contributed by atoms with van der Waals surface area (Å²) in [5.74, 6) is 0.823. The molecule has 38 heavy (non-hydrogen) atoms. The number of nitrogens with one attached hydrogen (secondary N) is 1. The van der Waals surface area contributed by atoms with Gasteiger partial charge in [0.15, 0.2) is 5.11 Å². The van der Waals surface area contributed by atoms with Crippen molar-refractivity contribution in [3.63, 3.8) is 0 Å². The van der Waals surface area contributed by atoms with Crippen LogP contribution in [0.25, 0.3) is 5.69 Å². The van der Waals surface area contributed by atoms with Gasteiger partial charge < -0.3 is 29.4 Å². The van der Waals surface area contributed by atoms with E-state index >= 15 is 0 Å². The number of methoxy groups -OCH3 is 1. The number of aryl methyl sites for hydroxylation is 1. The topological polar surface area (TPSA) is 71.8 Å². The van der Waals surface area contributed by atoms with Crippen LogP contribution in [0.2, 0.25) is 5.02 Å². The maximum Gasteiger partial charge on any atom is 0.174 e. The quantitative estimate of drug-likeness (QED) is 0.205. The molecule has 1 saturated heterocycles. The van der Waals surface area contributed by atoms with E-state index in [1.807, 2.05) is 48.5 Å². The molecule has 2 aromatic heterocycles. The van der Waals surface area contributed by atoms with Crippen LogP contribution in [0.5, 0.6) is 11.5 Å². The zero-order valence-electron chi connectivity index (χ0n) is 21.4. The van der Waals surface area contributed by atoms with Gasteiger partial charge in [0.25, 0.3) is 0 Å². The Bertz CT molecular complexity index is 1440. The second-order valence-electron chi connectivity index (χ2n) is 9.13. The summed E-state index contributed by atoms with van der Waals surface area (Å²) in [6, 6.07) is 20.6. The summed E-state index contributed by atoms with van der Waals surface area (Å²) >= 11 is 12.5. The lowest BCUT2D eigenvalue weighted by Crippen LogP contribution is -2.29. The van der Waals surface area contributed by atoms with Crippen molar-refractivity contribution in [2.45, 2.75) is 25.9 Å². The standard InChI is InChI=1S/C29H29ClN4O3S/c1-18-16-23(19(2)33(18)20-7-10-22(35)11-8-20)28-27(25-6-4-5-13-31-25)32-29(38)34(28)21-9-12-26(24(30)17-21)37-15-14-36-3/h4-13,16-17,27-28,35H,14-15H2,1-3H3,(H,32,38)/t27-,28-/m0/s1. The molecule has 1 aliphatic rings. The third kappa shape index (κ3) is 4.95. The van der Waals surface area contributed by atoms with E-state index in [-0.39, 0.29) is 17.8 Å². The SMILES string of the molecule is COCCOc1ccc(N2C(=S)N[C@@H](c3ccccn3)[C@@H]2c2cc(C)n(-c3ccc(O)cc3)c2C)cc1Cl. The lowest BCUT2D eigenvalue weighted by atomic mass is 9.96. The van der Waals surface area contributed by atoms with Crippen LogP contribution < -0.4 is 15.0 Å². The Balaban J connectivity index is 1.60. The molecule has 1 fully saturated rings. The molecule has 5 rings (SSSR count). The molecule has 1 aliphatic heterocycles. The first kappa shape index (κ1) is 26.0. The number of anilines is 1. The molecule has 0 aliphatic carbocycles. The van der Waals surface area contributed by atoms with Crippen molar-refractivity contribution in [2.75, 3.05) is 25.2 Å². The molecule has 0 spiro atoms. The fraction of sp³-hybridized carbons (Fsp3) is 0.241. The van der Waals surface area contributed by atoms with Gasteiger partial charge in [0.05, 0.1) is 29.4 Å². The second kappa shape index (κ2) is 11.0. The first-order chi connectivity index (χ1) is 18.4. The van der Waals surface area contributed by atoms with Crippen LogP contribution in [-0.2, 0) is 4.74 Å². The molecular weight excluding hydrogens is 520 g/mol. The molecule has 0 unspecified atom stereocenters. The molecule has 2 aromatic carbocycles. The van der Waals surface area contributed by atoms with Gasteiger partial charge in [0, 0.05) is 36.1 Å². The Hall–Kier alpha value is -3.59. The van der Waals surface area contributed by atoms with Crippen molar-refractivity contribution >= 4 is 34.6 Å². The van der Waals surface area contributed by atoms with Crippen molar-refractivity contribution in [1.82, 2.24) is 14.9 Å². The maximum absolute atomic E-state index is 9.80. The highest BCUT2D eigenvalue weighted by molar-refractivity contribution is 7.80. The van der Waals surface area contributed by atoms with Gasteiger partial charge in [0.1, 0.15) is 18.1 Å². The van der Waals surface area contributed by atoms with E-state index in [0.717, 1.165) is 34.0 Å². The molecular formula is C29H29ClN4O3S. The van der Waals surface area contributed by atoms with Crippen LogP contribution in [0, 0.1) is 13.8 Å². The van der Waals surface area contributed by atoms with Gasteiger partial charge in [-0.25, -0.2) is 0 Å². The third-order valence-electron chi connectivity index (χ3n) is 6.73. The van der Waals surface area contributed by atoms with E-state index < -0.39 is 0 Å². The zero-order valence-corrected chi connectivity index (χ0v) is 23.0. The van der Waals surface area contributed by atoms with Crippen LogP contribution in [0.1, 0.15) is 34.7 Å². The lowest BCUT2D eigenvalue weighted by Gasteiger charge is -2.28. The fourth-order valence-corrected chi connectivity index (χ4v) is 5.60. The van der Waals surface area contributed by atoms with Gasteiger partial charge in [-0.3, -0.25) is 4.98 Å². The monoisotopic (exact) mass is 548 g/mol. The van der Waals surface area contributed by atoms with E-state index in [1.165, 1.54) is 0 Å². The van der Waals surface area contributed by atoms with Crippen molar-refractivity contribution < 1.29 is 14.6 Å². The Morgan fingerprint density at radius 1 is 1.03 bits per heavy atom. The molecule has 3 heterocycles. The number of pyridine rings is 1. The smallest absolute Gasteiger partial charge is 0.174 e. The number of phenolic OH excluding ortho intramolecular Hbond substituents is 1. The minimum atomic E-state index is -0.189. The summed E-state index contributed by atoms with van der Waals surface area (Å²) in [7, 11) is 1.63. The average molecular weight is 549 g/mol. The van der Waals surface area contributed by atoms with E-state index in [0.29, 0.717) is 29.1 Å². The number of aromatic nitrogens is 2. The van der Waals surface area contributed by atoms with Gasteiger partial charge in [-0.05, 0) is 92.3 Å². The van der Waals surface area contributed by atoms with Gasteiger partial charge in [-0.2, -0.15) is 0 Å². The second-order valence-corrected chi connectivity index (χ2v) is 9.92. The number of thiocarbonyl (C=S) groups is 1. The molecule has 7 nitrogen and oxygen atoms in total. The largest absolute Gasteiger partial charge is 0.508 e. The number of ether oxygens (including phenoxy) is 2. The van der Waals surface area contributed by atoms with Gasteiger partial charge in [0.2, 0.25) is 0 Å². The molecule has 0 amide bonds. The summed E-state index contributed by atoms with van der Waals surface area (Å²) in [6.07, 6.45) is 1.79. The highest BCUT2D eigenvalue weighted by atomic mass is 35.5. The number of nitrogens with zero attached hydrogens (tertiary/aromatic N) is 3. The summed E-state index contributed by atoms with van der Waals surface area (Å²) in [5, 5.41) is 14.4. The number of benzene rings is 2. The summed E-state index contributed by atoms with van der Waals surface area (Å²) in [5.41, 5.74) is 5.96. The van der Waals surface area contributed by atoms with E-state index in [1.54, 1.807) is 25.4 Å². The van der Waals surface area contributed by atoms with Crippen LogP contribution in [0.4, 0.5) is 5.69 Å². The lowest BCUT2D eigenvalue weighted by molar-refractivity contribution is 0.146. The summed E-state index contributed by atoms with van der Waals surface area (Å²) in [4.78, 5) is 6.76. The number of aromatic hydroxyl groups is 1. The molecule has 2 atom stereocenters. The predicted octanol–water partition coefficient (Wildman–Crippen LogP) is 6.05. The average Bonchev–Trinajstić information content (AvgIpc) is 3.41. The molecule has 2 N–H and O–H groups in total. The number of rotatable bonds is 8. The van der Waals surface area contributed by atoms with Crippen LogP contribution in [0.3, 0.4) is 0 Å². The Labute approximate surface area is 232 Å². The maximum atomic E-state index is 9.80. The van der Waals surface area contributed by atoms with E-state index in [9.17, 15) is 5.11 Å². The zero-order chi connectivity index (χ0) is 26.8. The Kier molecular flexibility index (Phi) is 7.56. The van der Waals surface area contributed by atoms with Crippen molar-refractivity contribution in [1.29, 1.82) is 0 Å². The van der Waals surface area contributed by atoms with Crippen LogP contribution in [0.15, 0.2) is 72.9 Å². The van der Waals surface area contributed by atoms with Gasteiger partial charge >= 0.3 is 0 Å². The minimum Gasteiger partial charge on any atom is -0.508 e. The highest BCUT2D eigenvalue weighted by Gasteiger charge is 2.42. The molecule has 0 bridgehead atoms. The van der Waals surface area contributed by atoms with Crippen molar-refractivity contribution in [3.05, 3.63) is 101 Å². The Morgan fingerprint density at radius 3 is 2.47 bits per heavy atom. The van der Waals surface area contributed by atoms with Crippen molar-refractivity contribution in [2.24, 2.45) is 0 Å².